The Hall–Kier alpha value is -2.70. The van der Waals surface area contributed by atoms with Crippen LogP contribution in [0.2, 0.25) is 0 Å². The molecule has 1 heterocycles. The number of rotatable bonds is 5. The van der Waals surface area contributed by atoms with Crippen molar-refractivity contribution in [2.75, 3.05) is 6.54 Å². The van der Waals surface area contributed by atoms with Gasteiger partial charge in [0.05, 0.1) is 11.1 Å². The average molecular weight is 317 g/mol. The maximum absolute atomic E-state index is 13.0. The molecule has 3 rings (SSSR count). The van der Waals surface area contributed by atoms with Gasteiger partial charge in [0.15, 0.2) is 5.69 Å². The lowest BCUT2D eigenvalue weighted by molar-refractivity contribution is -0.143. The van der Waals surface area contributed by atoms with Crippen LogP contribution in [0.25, 0.3) is 5.69 Å². The molecule has 23 heavy (non-hydrogen) atoms. The first-order chi connectivity index (χ1) is 10.9. The van der Waals surface area contributed by atoms with Crippen molar-refractivity contribution in [2.24, 2.45) is 5.41 Å². The van der Waals surface area contributed by atoms with E-state index in [1.54, 1.807) is 25.3 Å². The number of carboxylic acid groups (broad SMARTS) is 1. The van der Waals surface area contributed by atoms with Gasteiger partial charge in [-0.1, -0.05) is 0 Å². The van der Waals surface area contributed by atoms with Crippen LogP contribution in [0.15, 0.2) is 30.5 Å². The lowest BCUT2D eigenvalue weighted by atomic mass is 10.1. The van der Waals surface area contributed by atoms with Crippen molar-refractivity contribution in [2.45, 2.75) is 19.8 Å². The zero-order chi connectivity index (χ0) is 16.6. The SMILES string of the molecule is Cc1cn(-c2ccc(F)cc2)nc1C(=O)NCC1(C(=O)O)CC1. The van der Waals surface area contributed by atoms with Gasteiger partial charge in [0.25, 0.3) is 5.91 Å². The van der Waals surface area contributed by atoms with Crippen LogP contribution in [-0.4, -0.2) is 33.3 Å². The molecule has 0 aliphatic heterocycles. The molecular weight excluding hydrogens is 301 g/mol. The molecular formula is C16H16FN3O3. The Balaban J connectivity index is 1.74. The van der Waals surface area contributed by atoms with E-state index in [2.05, 4.69) is 10.4 Å². The van der Waals surface area contributed by atoms with E-state index in [0.29, 0.717) is 24.1 Å². The highest BCUT2D eigenvalue weighted by Gasteiger charge is 2.50. The number of carbonyl (C=O) groups excluding carboxylic acids is 1. The summed E-state index contributed by atoms with van der Waals surface area (Å²) in [7, 11) is 0. The normalized spacial score (nSPS) is 15.2. The molecule has 1 amide bonds. The molecule has 120 valence electrons. The number of aryl methyl sites for hydroxylation is 1. The molecule has 1 fully saturated rings. The number of carboxylic acids is 1. The first-order valence-electron chi connectivity index (χ1n) is 7.25. The van der Waals surface area contributed by atoms with Crippen LogP contribution in [0.1, 0.15) is 28.9 Å². The molecule has 1 saturated carbocycles. The van der Waals surface area contributed by atoms with Gasteiger partial charge < -0.3 is 10.4 Å². The summed E-state index contributed by atoms with van der Waals surface area (Å²) >= 11 is 0. The second-order valence-corrected chi connectivity index (χ2v) is 5.85. The summed E-state index contributed by atoms with van der Waals surface area (Å²) in [6, 6.07) is 5.76. The van der Waals surface area contributed by atoms with Gasteiger partial charge in [-0.25, -0.2) is 9.07 Å². The van der Waals surface area contributed by atoms with E-state index in [-0.39, 0.29) is 18.1 Å². The van der Waals surface area contributed by atoms with E-state index < -0.39 is 17.3 Å². The first-order valence-corrected chi connectivity index (χ1v) is 7.25. The molecule has 1 aromatic heterocycles. The smallest absolute Gasteiger partial charge is 0.311 e. The van der Waals surface area contributed by atoms with Crippen LogP contribution < -0.4 is 5.32 Å². The van der Waals surface area contributed by atoms with Gasteiger partial charge >= 0.3 is 5.97 Å². The maximum Gasteiger partial charge on any atom is 0.311 e. The third kappa shape index (κ3) is 2.94. The summed E-state index contributed by atoms with van der Waals surface area (Å²) in [6.45, 7) is 1.84. The third-order valence-electron chi connectivity index (χ3n) is 4.10. The number of nitrogens with one attached hydrogen (secondary N) is 1. The van der Waals surface area contributed by atoms with Gasteiger partial charge in [-0.15, -0.1) is 0 Å². The molecule has 0 bridgehead atoms. The van der Waals surface area contributed by atoms with Gasteiger partial charge in [-0.05, 0) is 44.0 Å². The minimum absolute atomic E-state index is 0.101. The molecule has 2 aromatic rings. The number of carbonyl (C=O) groups is 2. The van der Waals surface area contributed by atoms with Gasteiger partial charge in [-0.2, -0.15) is 5.10 Å². The number of aromatic nitrogens is 2. The van der Waals surface area contributed by atoms with Crippen molar-refractivity contribution in [3.63, 3.8) is 0 Å². The van der Waals surface area contributed by atoms with E-state index in [1.807, 2.05) is 0 Å². The molecule has 0 spiro atoms. The molecule has 6 nitrogen and oxygen atoms in total. The highest BCUT2D eigenvalue weighted by molar-refractivity contribution is 5.94. The number of nitrogens with zero attached hydrogens (tertiary/aromatic N) is 2. The fourth-order valence-electron chi connectivity index (χ4n) is 2.36. The van der Waals surface area contributed by atoms with Gasteiger partial charge in [0, 0.05) is 18.3 Å². The molecule has 1 aromatic carbocycles. The summed E-state index contributed by atoms with van der Waals surface area (Å²) in [5, 5.41) is 16.0. The van der Waals surface area contributed by atoms with Crippen molar-refractivity contribution >= 4 is 11.9 Å². The number of benzene rings is 1. The van der Waals surface area contributed by atoms with Crippen LogP contribution in [0, 0.1) is 18.2 Å². The topological polar surface area (TPSA) is 84.2 Å². The molecule has 0 saturated heterocycles. The molecule has 2 N–H and O–H groups in total. The van der Waals surface area contributed by atoms with Crippen LogP contribution >= 0.6 is 0 Å². The summed E-state index contributed by atoms with van der Waals surface area (Å²) in [5.74, 6) is -1.64. The van der Waals surface area contributed by atoms with Gasteiger partial charge in [0.1, 0.15) is 5.82 Å². The zero-order valence-corrected chi connectivity index (χ0v) is 12.5. The third-order valence-corrected chi connectivity index (χ3v) is 4.10. The average Bonchev–Trinajstić information content (AvgIpc) is 3.22. The minimum Gasteiger partial charge on any atom is -0.481 e. The van der Waals surface area contributed by atoms with E-state index in [4.69, 9.17) is 5.11 Å². The van der Waals surface area contributed by atoms with Gasteiger partial charge in [-0.3, -0.25) is 9.59 Å². The Labute approximate surface area is 131 Å². The molecule has 7 heteroatoms. The fourth-order valence-corrected chi connectivity index (χ4v) is 2.36. The second-order valence-electron chi connectivity index (χ2n) is 5.85. The standard InChI is InChI=1S/C16H16FN3O3/c1-10-8-20(12-4-2-11(17)3-5-12)19-13(10)14(21)18-9-16(6-7-16)15(22)23/h2-5,8H,6-7,9H2,1H3,(H,18,21)(H,22,23). The first kappa shape index (κ1) is 15.2. The zero-order valence-electron chi connectivity index (χ0n) is 12.5. The van der Waals surface area contributed by atoms with E-state index in [0.717, 1.165) is 0 Å². The Bertz CT molecular complexity index is 763. The van der Waals surface area contributed by atoms with Crippen molar-refractivity contribution in [1.29, 1.82) is 0 Å². The van der Waals surface area contributed by atoms with Crippen molar-refractivity contribution in [1.82, 2.24) is 15.1 Å². The van der Waals surface area contributed by atoms with Crippen LogP contribution in [0.3, 0.4) is 0 Å². The van der Waals surface area contributed by atoms with Crippen LogP contribution in [-0.2, 0) is 4.79 Å². The summed E-state index contributed by atoms with van der Waals surface area (Å²) < 4.78 is 14.5. The Morgan fingerprint density at radius 2 is 2.00 bits per heavy atom. The number of hydrogen-bond acceptors (Lipinski definition) is 3. The molecule has 1 aliphatic carbocycles. The van der Waals surface area contributed by atoms with Crippen LogP contribution in [0.4, 0.5) is 4.39 Å². The van der Waals surface area contributed by atoms with Crippen LogP contribution in [0.5, 0.6) is 0 Å². The predicted molar refractivity (Wildman–Crippen MR) is 79.9 cm³/mol. The quantitative estimate of drug-likeness (QED) is 0.882. The molecule has 0 radical (unpaired) electrons. The molecule has 0 atom stereocenters. The molecule has 0 unspecified atom stereocenters. The lowest BCUT2D eigenvalue weighted by Crippen LogP contribution is -2.34. The summed E-state index contributed by atoms with van der Waals surface area (Å²) in [5.41, 5.74) is 0.712. The van der Waals surface area contributed by atoms with E-state index in [1.165, 1.54) is 16.8 Å². The Morgan fingerprint density at radius 1 is 1.35 bits per heavy atom. The van der Waals surface area contributed by atoms with E-state index in [9.17, 15) is 14.0 Å². The van der Waals surface area contributed by atoms with Crippen molar-refractivity contribution in [3.05, 3.63) is 47.5 Å². The number of aliphatic carboxylic acids is 1. The summed E-state index contributed by atoms with van der Waals surface area (Å²) in [6.07, 6.45) is 2.82. The fraction of sp³-hybridized carbons (Fsp3) is 0.312. The summed E-state index contributed by atoms with van der Waals surface area (Å²) in [4.78, 5) is 23.3. The minimum atomic E-state index is -0.883. The van der Waals surface area contributed by atoms with E-state index >= 15 is 0 Å². The molecule has 1 aliphatic rings. The number of halogens is 1. The van der Waals surface area contributed by atoms with Crippen molar-refractivity contribution < 1.29 is 19.1 Å². The van der Waals surface area contributed by atoms with Crippen molar-refractivity contribution in [3.8, 4) is 5.69 Å². The number of hydrogen-bond donors (Lipinski definition) is 2. The Kier molecular flexibility index (Phi) is 3.63. The largest absolute Gasteiger partial charge is 0.481 e. The number of amides is 1. The lowest BCUT2D eigenvalue weighted by Gasteiger charge is -2.10. The van der Waals surface area contributed by atoms with Gasteiger partial charge in [0.2, 0.25) is 0 Å². The second kappa shape index (κ2) is 5.49. The Morgan fingerprint density at radius 3 is 2.57 bits per heavy atom. The maximum atomic E-state index is 13.0. The predicted octanol–water partition coefficient (Wildman–Crippen LogP) is 1.91. The highest BCUT2D eigenvalue weighted by Crippen LogP contribution is 2.45. The monoisotopic (exact) mass is 317 g/mol. The highest BCUT2D eigenvalue weighted by atomic mass is 19.1.